The summed E-state index contributed by atoms with van der Waals surface area (Å²) in [6.07, 6.45) is 0.885. The normalized spacial score (nSPS) is 13.3. The van der Waals surface area contributed by atoms with E-state index in [2.05, 4.69) is 252 Å². The highest BCUT2D eigenvalue weighted by atomic mass is 16.3. The average molecular weight is 831 g/mol. The molecule has 11 aromatic rings. The van der Waals surface area contributed by atoms with E-state index in [1.807, 2.05) is 0 Å². The number of fused-ring (bicyclic) bond motifs is 8. The third-order valence-corrected chi connectivity index (χ3v) is 13.7. The van der Waals surface area contributed by atoms with Crippen molar-refractivity contribution in [2.24, 2.45) is 0 Å². The van der Waals surface area contributed by atoms with Gasteiger partial charge in [-0.05, 0) is 117 Å². The van der Waals surface area contributed by atoms with Gasteiger partial charge in [-0.2, -0.15) is 0 Å². The Hall–Kier alpha value is -8.40. The van der Waals surface area contributed by atoms with Crippen LogP contribution in [0.1, 0.15) is 33.6 Å². The molecule has 1 aromatic heterocycles. The van der Waals surface area contributed by atoms with Crippen molar-refractivity contribution in [2.45, 2.75) is 11.8 Å². The van der Waals surface area contributed by atoms with Gasteiger partial charge >= 0.3 is 0 Å². The molecule has 13 rings (SSSR count). The first-order valence-corrected chi connectivity index (χ1v) is 22.5. The summed E-state index contributed by atoms with van der Waals surface area (Å²) in [5, 5.41) is 3.51. The van der Waals surface area contributed by atoms with Crippen LogP contribution in [0.3, 0.4) is 0 Å². The second-order valence-corrected chi connectivity index (χ2v) is 17.2. The van der Waals surface area contributed by atoms with Crippen LogP contribution in [0.2, 0.25) is 0 Å². The standard InChI is InChI=1S/C62H42N2O/c1-4-20-47(21-5-1)62(48-22-6-2-7-23-48)55-41-51(36-37-53(55)60-54-27-13-15-30-59(54)65-61(60)62)63(58-29-16-19-43-17-10-12-26-52(43)58)50-34-31-42(32-35-50)44-33-38-57-46(39-44)40-45-18-11-14-28-56(45)64(57)49-24-8-3-9-25-49/h1-39,41H,40H2. The Morgan fingerprint density at radius 3 is 1.85 bits per heavy atom. The van der Waals surface area contributed by atoms with E-state index in [-0.39, 0.29) is 0 Å². The van der Waals surface area contributed by atoms with Gasteiger partial charge in [-0.3, -0.25) is 0 Å². The molecule has 2 aliphatic rings. The van der Waals surface area contributed by atoms with Gasteiger partial charge in [-0.15, -0.1) is 0 Å². The summed E-state index contributed by atoms with van der Waals surface area (Å²) in [5.74, 6) is 0.963. The van der Waals surface area contributed by atoms with Crippen molar-refractivity contribution in [1.82, 2.24) is 0 Å². The van der Waals surface area contributed by atoms with E-state index in [4.69, 9.17) is 4.42 Å². The lowest BCUT2D eigenvalue weighted by Crippen LogP contribution is -2.28. The summed E-state index contributed by atoms with van der Waals surface area (Å²) < 4.78 is 7.06. The molecule has 3 nitrogen and oxygen atoms in total. The fourth-order valence-electron chi connectivity index (χ4n) is 10.8. The topological polar surface area (TPSA) is 19.6 Å². The van der Waals surface area contributed by atoms with Crippen molar-refractivity contribution >= 4 is 55.9 Å². The Balaban J connectivity index is 0.980. The fraction of sp³-hybridized carbons (Fsp3) is 0.0323. The second-order valence-electron chi connectivity index (χ2n) is 17.2. The third-order valence-electron chi connectivity index (χ3n) is 13.7. The first-order chi connectivity index (χ1) is 32.2. The Labute approximate surface area is 378 Å². The summed E-state index contributed by atoms with van der Waals surface area (Å²) in [6.45, 7) is 0. The molecule has 3 heteroatoms. The third kappa shape index (κ3) is 5.76. The van der Waals surface area contributed by atoms with Gasteiger partial charge in [0.1, 0.15) is 16.8 Å². The first kappa shape index (κ1) is 37.2. The Bertz CT molecular complexity index is 3530. The average Bonchev–Trinajstić information content (AvgIpc) is 3.90. The minimum atomic E-state index is -0.695. The number of para-hydroxylation sites is 3. The lowest BCUT2D eigenvalue weighted by atomic mass is 9.70. The van der Waals surface area contributed by atoms with Gasteiger partial charge in [0.2, 0.25) is 0 Å². The molecule has 0 bridgehead atoms. The van der Waals surface area contributed by atoms with Crippen molar-refractivity contribution in [2.75, 3.05) is 9.80 Å². The molecular formula is C62H42N2O. The number of benzene rings is 10. The van der Waals surface area contributed by atoms with Crippen LogP contribution in [0.5, 0.6) is 0 Å². The van der Waals surface area contributed by atoms with Crippen LogP contribution in [0.15, 0.2) is 247 Å². The smallest absolute Gasteiger partial charge is 0.135 e. The molecule has 0 fully saturated rings. The summed E-state index contributed by atoms with van der Waals surface area (Å²) in [5.41, 5.74) is 18.0. The highest BCUT2D eigenvalue weighted by molar-refractivity contribution is 6.04. The number of rotatable bonds is 7. The molecule has 306 valence electrons. The van der Waals surface area contributed by atoms with Crippen molar-refractivity contribution in [3.8, 4) is 22.3 Å². The monoisotopic (exact) mass is 830 g/mol. The minimum Gasteiger partial charge on any atom is -0.459 e. The lowest BCUT2D eigenvalue weighted by Gasteiger charge is -2.34. The minimum absolute atomic E-state index is 0.695. The van der Waals surface area contributed by atoms with Crippen LogP contribution in [-0.4, -0.2) is 0 Å². The predicted octanol–water partition coefficient (Wildman–Crippen LogP) is 16.5. The Kier molecular flexibility index (Phi) is 8.50. The van der Waals surface area contributed by atoms with Crippen LogP contribution in [0.4, 0.5) is 34.1 Å². The zero-order chi connectivity index (χ0) is 42.9. The fourth-order valence-corrected chi connectivity index (χ4v) is 10.8. The second kappa shape index (κ2) is 14.9. The molecule has 0 saturated carbocycles. The first-order valence-electron chi connectivity index (χ1n) is 22.5. The van der Waals surface area contributed by atoms with Crippen LogP contribution >= 0.6 is 0 Å². The molecule has 0 saturated heterocycles. The summed E-state index contributed by atoms with van der Waals surface area (Å²) in [4.78, 5) is 4.84. The maximum absolute atomic E-state index is 7.06. The largest absolute Gasteiger partial charge is 0.459 e. The highest BCUT2D eigenvalue weighted by Gasteiger charge is 2.50. The van der Waals surface area contributed by atoms with Gasteiger partial charge in [0.15, 0.2) is 0 Å². The van der Waals surface area contributed by atoms with E-state index in [0.717, 1.165) is 45.8 Å². The van der Waals surface area contributed by atoms with Gasteiger partial charge in [-0.1, -0.05) is 176 Å². The molecule has 0 radical (unpaired) electrons. The van der Waals surface area contributed by atoms with Crippen LogP contribution in [0.25, 0.3) is 44.0 Å². The molecule has 0 spiro atoms. The number of hydrogen-bond donors (Lipinski definition) is 0. The molecule has 10 aromatic carbocycles. The molecule has 0 amide bonds. The summed E-state index contributed by atoms with van der Waals surface area (Å²) >= 11 is 0. The Morgan fingerprint density at radius 2 is 1.06 bits per heavy atom. The van der Waals surface area contributed by atoms with Gasteiger partial charge in [-0.25, -0.2) is 0 Å². The molecule has 2 heterocycles. The zero-order valence-electron chi connectivity index (χ0n) is 35.6. The van der Waals surface area contributed by atoms with E-state index in [1.54, 1.807) is 0 Å². The predicted molar refractivity (Wildman–Crippen MR) is 269 cm³/mol. The van der Waals surface area contributed by atoms with Crippen LogP contribution < -0.4 is 9.80 Å². The maximum Gasteiger partial charge on any atom is 0.135 e. The molecule has 1 aliphatic carbocycles. The van der Waals surface area contributed by atoms with Crippen molar-refractivity contribution in [3.05, 3.63) is 276 Å². The maximum atomic E-state index is 7.06. The molecular weight excluding hydrogens is 789 g/mol. The van der Waals surface area contributed by atoms with Gasteiger partial charge in [0.05, 0.1) is 5.69 Å². The van der Waals surface area contributed by atoms with Crippen molar-refractivity contribution in [3.63, 3.8) is 0 Å². The Morgan fingerprint density at radius 1 is 0.446 bits per heavy atom. The number of furan rings is 1. The zero-order valence-corrected chi connectivity index (χ0v) is 35.6. The molecule has 0 atom stereocenters. The van der Waals surface area contributed by atoms with Crippen molar-refractivity contribution in [1.29, 1.82) is 0 Å². The number of hydrogen-bond acceptors (Lipinski definition) is 3. The van der Waals surface area contributed by atoms with E-state index in [0.29, 0.717) is 0 Å². The quantitative estimate of drug-likeness (QED) is 0.160. The number of anilines is 6. The number of nitrogens with zero attached hydrogens (tertiary/aromatic N) is 2. The van der Waals surface area contributed by atoms with Crippen LogP contribution in [0, 0.1) is 0 Å². The summed E-state index contributed by atoms with van der Waals surface area (Å²) in [6, 6.07) is 88.3. The van der Waals surface area contributed by atoms with E-state index >= 15 is 0 Å². The van der Waals surface area contributed by atoms with Gasteiger partial charge in [0.25, 0.3) is 0 Å². The van der Waals surface area contributed by atoms with Crippen LogP contribution in [-0.2, 0) is 11.8 Å². The van der Waals surface area contributed by atoms with Crippen molar-refractivity contribution < 1.29 is 4.42 Å². The highest BCUT2D eigenvalue weighted by Crippen LogP contribution is 2.60. The molecule has 1 aliphatic heterocycles. The van der Waals surface area contributed by atoms with Gasteiger partial charge in [0, 0.05) is 51.2 Å². The van der Waals surface area contributed by atoms with E-state index in [9.17, 15) is 0 Å². The van der Waals surface area contributed by atoms with Gasteiger partial charge < -0.3 is 14.2 Å². The molecule has 0 N–H and O–H groups in total. The molecule has 0 unspecified atom stereocenters. The van der Waals surface area contributed by atoms with E-state index < -0.39 is 5.41 Å². The molecule has 65 heavy (non-hydrogen) atoms. The van der Waals surface area contributed by atoms with E-state index in [1.165, 1.54) is 72.3 Å². The lowest BCUT2D eigenvalue weighted by molar-refractivity contribution is 0.502. The SMILES string of the molecule is c1ccc(N2c3ccccc3Cc3cc(-c4ccc(N(c5ccc6c(c5)C(c5ccccc5)(c5ccccc5)c5oc7ccccc7c5-6)c5cccc6ccccc56)cc4)ccc32)cc1. The summed E-state index contributed by atoms with van der Waals surface area (Å²) in [7, 11) is 0.